The standard InChI is InChI=1S/C21H29BF2O5/c1-3-4-5-6-12-28-20(26)18-9-7-8-15-13-16(22(27)29-19(15)18)14-17(25)10-11-21(2,23)24/h7-9,16,27H,3-6,10-14H2,1-2H3/t16-/m1/s1. The van der Waals surface area contributed by atoms with E-state index in [9.17, 15) is 23.4 Å². The minimum atomic E-state index is -2.89. The van der Waals surface area contributed by atoms with Crippen molar-refractivity contribution >= 4 is 18.9 Å². The zero-order valence-electron chi connectivity index (χ0n) is 17.1. The lowest BCUT2D eigenvalue weighted by Crippen LogP contribution is -2.36. The smallest absolute Gasteiger partial charge is 0.526 e. The summed E-state index contributed by atoms with van der Waals surface area (Å²) >= 11 is 0. The van der Waals surface area contributed by atoms with Crippen LogP contribution in [0.2, 0.25) is 5.82 Å². The van der Waals surface area contributed by atoms with E-state index in [0.29, 0.717) is 18.6 Å². The lowest BCUT2D eigenvalue weighted by atomic mass is 9.64. The molecule has 0 unspecified atom stereocenters. The Morgan fingerprint density at radius 2 is 2.07 bits per heavy atom. The molecule has 0 aromatic heterocycles. The number of hydrogen-bond donors (Lipinski definition) is 1. The van der Waals surface area contributed by atoms with Crippen LogP contribution in [0.25, 0.3) is 0 Å². The third-order valence-electron chi connectivity index (χ3n) is 5.00. The van der Waals surface area contributed by atoms with Crippen molar-refractivity contribution in [3.63, 3.8) is 0 Å². The van der Waals surface area contributed by atoms with E-state index in [2.05, 4.69) is 6.92 Å². The summed E-state index contributed by atoms with van der Waals surface area (Å²) in [5, 5.41) is 10.3. The van der Waals surface area contributed by atoms with Gasteiger partial charge < -0.3 is 14.4 Å². The highest BCUT2D eigenvalue weighted by Crippen LogP contribution is 2.37. The highest BCUT2D eigenvalue weighted by molar-refractivity contribution is 6.47. The molecule has 0 aliphatic carbocycles. The number of rotatable bonds is 11. The van der Waals surface area contributed by atoms with Gasteiger partial charge >= 0.3 is 13.1 Å². The van der Waals surface area contributed by atoms with Crippen LogP contribution in [-0.4, -0.2) is 36.4 Å². The molecule has 1 aromatic rings. The number of carbonyl (C=O) groups excluding carboxylic acids is 2. The fourth-order valence-corrected chi connectivity index (χ4v) is 3.34. The molecule has 5 nitrogen and oxygen atoms in total. The van der Waals surface area contributed by atoms with E-state index in [1.165, 1.54) is 0 Å². The van der Waals surface area contributed by atoms with Crippen LogP contribution in [0, 0.1) is 0 Å². The van der Waals surface area contributed by atoms with Gasteiger partial charge in [0.15, 0.2) is 0 Å². The number of halogens is 2. The van der Waals surface area contributed by atoms with Gasteiger partial charge in [-0.05, 0) is 31.4 Å². The number of esters is 1. The Labute approximate surface area is 170 Å². The molecule has 0 amide bonds. The molecular weight excluding hydrogens is 381 g/mol. The Bertz CT molecular complexity index is 705. The molecular formula is C21H29BF2O5. The van der Waals surface area contributed by atoms with Crippen LogP contribution in [0.15, 0.2) is 18.2 Å². The van der Waals surface area contributed by atoms with Gasteiger partial charge in [-0.25, -0.2) is 13.6 Å². The summed E-state index contributed by atoms with van der Waals surface area (Å²) < 4.78 is 36.7. The fraction of sp³-hybridized carbons (Fsp3) is 0.619. The normalized spacial score (nSPS) is 16.2. The molecule has 1 atom stereocenters. The first kappa shape index (κ1) is 23.3. The van der Waals surface area contributed by atoms with Crippen molar-refractivity contribution in [3.05, 3.63) is 29.3 Å². The third-order valence-corrected chi connectivity index (χ3v) is 5.00. The maximum atomic E-state index is 12.9. The van der Waals surface area contributed by atoms with Gasteiger partial charge in [0.05, 0.1) is 6.61 Å². The minimum Gasteiger partial charge on any atom is -0.535 e. The topological polar surface area (TPSA) is 72.8 Å². The number of alkyl halides is 2. The van der Waals surface area contributed by atoms with E-state index >= 15 is 0 Å². The van der Waals surface area contributed by atoms with Gasteiger partial charge in [-0.3, -0.25) is 4.79 Å². The molecule has 0 bridgehead atoms. The molecule has 1 N–H and O–H groups in total. The molecule has 1 aliphatic heterocycles. The molecule has 0 saturated carbocycles. The Kier molecular flexibility index (Phi) is 8.62. The first-order chi connectivity index (χ1) is 13.7. The number of hydrogen-bond acceptors (Lipinski definition) is 5. The van der Waals surface area contributed by atoms with Gasteiger partial charge in [-0.15, -0.1) is 0 Å². The van der Waals surface area contributed by atoms with Gasteiger partial charge in [0.1, 0.15) is 17.1 Å². The fourth-order valence-electron chi connectivity index (χ4n) is 3.34. The minimum absolute atomic E-state index is 0.0528. The van der Waals surface area contributed by atoms with Crippen LogP contribution in [0.1, 0.15) is 74.7 Å². The predicted molar refractivity (Wildman–Crippen MR) is 106 cm³/mol. The maximum Gasteiger partial charge on any atom is 0.526 e. The van der Waals surface area contributed by atoms with E-state index in [1.54, 1.807) is 18.2 Å². The molecule has 0 saturated heterocycles. The van der Waals surface area contributed by atoms with Gasteiger partial charge in [0, 0.05) is 25.1 Å². The molecule has 0 radical (unpaired) electrons. The second-order valence-electron chi connectivity index (χ2n) is 7.78. The van der Waals surface area contributed by atoms with Crippen molar-refractivity contribution in [1.29, 1.82) is 0 Å². The first-order valence-electron chi connectivity index (χ1n) is 10.2. The Morgan fingerprint density at radius 3 is 2.76 bits per heavy atom. The van der Waals surface area contributed by atoms with Crippen LogP contribution in [0.3, 0.4) is 0 Å². The van der Waals surface area contributed by atoms with Crippen molar-refractivity contribution in [2.45, 2.75) is 77.0 Å². The Morgan fingerprint density at radius 1 is 1.31 bits per heavy atom. The Balaban J connectivity index is 1.97. The lowest BCUT2D eigenvalue weighted by molar-refractivity contribution is -0.121. The third kappa shape index (κ3) is 7.42. The van der Waals surface area contributed by atoms with Crippen molar-refractivity contribution < 1.29 is 32.8 Å². The number of ketones is 1. The number of carbonyl (C=O) groups is 2. The summed E-state index contributed by atoms with van der Waals surface area (Å²) in [6.07, 6.45) is 3.47. The monoisotopic (exact) mass is 410 g/mol. The molecule has 2 rings (SSSR count). The highest BCUT2D eigenvalue weighted by atomic mass is 19.3. The summed E-state index contributed by atoms with van der Waals surface area (Å²) in [7, 11) is -1.29. The Hall–Kier alpha value is -1.96. The summed E-state index contributed by atoms with van der Waals surface area (Å²) in [5.41, 5.74) is 0.932. The molecule has 1 heterocycles. The maximum absolute atomic E-state index is 12.9. The van der Waals surface area contributed by atoms with Crippen LogP contribution < -0.4 is 4.65 Å². The van der Waals surface area contributed by atoms with Crippen molar-refractivity contribution in [2.75, 3.05) is 6.61 Å². The quantitative estimate of drug-likeness (QED) is 0.328. The second kappa shape index (κ2) is 10.7. The average molecular weight is 410 g/mol. The number of Topliss-reactive ketones (excluding diaryl/α,β-unsaturated/α-hetero) is 1. The summed E-state index contributed by atoms with van der Waals surface area (Å²) in [5.74, 6) is -4.02. The highest BCUT2D eigenvalue weighted by Gasteiger charge is 2.38. The van der Waals surface area contributed by atoms with Crippen molar-refractivity contribution in [1.82, 2.24) is 0 Å². The van der Waals surface area contributed by atoms with Crippen LogP contribution in [0.4, 0.5) is 8.78 Å². The van der Waals surface area contributed by atoms with Gasteiger partial charge in [0.2, 0.25) is 5.92 Å². The zero-order chi connectivity index (χ0) is 21.4. The average Bonchev–Trinajstić information content (AvgIpc) is 2.65. The summed E-state index contributed by atoms with van der Waals surface area (Å²) in [6.45, 7) is 3.20. The van der Waals surface area contributed by atoms with E-state index in [4.69, 9.17) is 9.39 Å². The molecule has 0 spiro atoms. The van der Waals surface area contributed by atoms with Crippen LogP contribution in [0.5, 0.6) is 5.75 Å². The molecule has 0 fully saturated rings. The summed E-state index contributed by atoms with van der Waals surface area (Å²) in [4.78, 5) is 24.4. The van der Waals surface area contributed by atoms with Gasteiger partial charge in [-0.2, -0.15) is 0 Å². The lowest BCUT2D eigenvalue weighted by Gasteiger charge is -2.28. The molecule has 29 heavy (non-hydrogen) atoms. The molecule has 160 valence electrons. The van der Waals surface area contributed by atoms with Crippen molar-refractivity contribution in [3.8, 4) is 5.75 Å². The van der Waals surface area contributed by atoms with Gasteiger partial charge in [0.25, 0.3) is 0 Å². The molecule has 8 heteroatoms. The molecule has 1 aliphatic rings. The number of para-hydroxylation sites is 1. The second-order valence-corrected chi connectivity index (χ2v) is 7.78. The summed E-state index contributed by atoms with van der Waals surface area (Å²) in [6, 6.07) is 5.04. The number of unbranched alkanes of at least 4 members (excludes halogenated alkanes) is 3. The van der Waals surface area contributed by atoms with E-state index in [0.717, 1.165) is 32.6 Å². The zero-order valence-corrected chi connectivity index (χ0v) is 17.1. The number of fused-ring (bicyclic) bond motifs is 1. The van der Waals surface area contributed by atoms with E-state index < -0.39 is 31.2 Å². The number of ether oxygens (including phenoxy) is 1. The predicted octanol–water partition coefficient (Wildman–Crippen LogP) is 4.60. The van der Waals surface area contributed by atoms with Crippen LogP contribution in [-0.2, 0) is 16.0 Å². The van der Waals surface area contributed by atoms with E-state index in [1.807, 2.05) is 0 Å². The SMILES string of the molecule is CCCCCCOC(=O)c1cccc2c1OB(O)[C@@H](CC(=O)CCC(C)(F)F)C2. The van der Waals surface area contributed by atoms with E-state index in [-0.39, 0.29) is 29.9 Å². The van der Waals surface area contributed by atoms with Crippen LogP contribution >= 0.6 is 0 Å². The molecule has 1 aromatic carbocycles. The van der Waals surface area contributed by atoms with Gasteiger partial charge in [-0.1, -0.05) is 38.3 Å². The number of benzene rings is 1. The van der Waals surface area contributed by atoms with Crippen molar-refractivity contribution in [2.24, 2.45) is 0 Å². The first-order valence-corrected chi connectivity index (χ1v) is 10.2. The largest absolute Gasteiger partial charge is 0.535 e.